The molecule has 0 radical (unpaired) electrons. The predicted octanol–water partition coefficient (Wildman–Crippen LogP) is 2.65. The van der Waals surface area contributed by atoms with Crippen molar-refractivity contribution in [3.8, 4) is 0 Å². The maximum absolute atomic E-state index is 13.6. The summed E-state index contributed by atoms with van der Waals surface area (Å²) in [5, 5.41) is 0.442. The maximum Gasteiger partial charge on any atom is 0.125 e. The molecule has 2 bridgehead atoms. The number of nitrogens with zero attached hydrogens (tertiary/aromatic N) is 2. The molecule has 1 aromatic carbocycles. The zero-order valence-electron chi connectivity index (χ0n) is 12.4. The monoisotopic (exact) mass is 311 g/mol. The molecule has 3 nitrogen and oxygen atoms in total. The van der Waals surface area contributed by atoms with Gasteiger partial charge in [0, 0.05) is 42.8 Å². The Morgan fingerprint density at radius 1 is 1.29 bits per heavy atom. The van der Waals surface area contributed by atoms with Gasteiger partial charge < -0.3 is 5.73 Å². The number of hydrogen-bond donors (Lipinski definition) is 1. The first-order chi connectivity index (χ1) is 10.1. The first-order valence-corrected chi connectivity index (χ1v) is 8.08. The van der Waals surface area contributed by atoms with Crippen molar-refractivity contribution in [1.29, 1.82) is 0 Å². The molecular formula is C16H23ClFN3. The molecular weight excluding hydrogens is 289 g/mol. The summed E-state index contributed by atoms with van der Waals surface area (Å²) in [7, 11) is 2.22. The van der Waals surface area contributed by atoms with E-state index in [-0.39, 0.29) is 11.9 Å². The third-order valence-corrected chi connectivity index (χ3v) is 5.33. The molecule has 3 unspecified atom stereocenters. The highest BCUT2D eigenvalue weighted by Gasteiger charge is 2.36. The van der Waals surface area contributed by atoms with Crippen LogP contribution in [0.3, 0.4) is 0 Å². The normalized spacial score (nSPS) is 28.6. The van der Waals surface area contributed by atoms with Gasteiger partial charge >= 0.3 is 0 Å². The van der Waals surface area contributed by atoms with Crippen LogP contribution in [0.4, 0.5) is 4.39 Å². The van der Waals surface area contributed by atoms with Crippen LogP contribution in [0, 0.1) is 5.82 Å². The molecule has 21 heavy (non-hydrogen) atoms. The lowest BCUT2D eigenvalue weighted by atomic mass is 10.0. The molecule has 2 aliphatic heterocycles. The third-order valence-electron chi connectivity index (χ3n) is 5.11. The lowest BCUT2D eigenvalue weighted by Gasteiger charge is -2.33. The van der Waals surface area contributed by atoms with Crippen LogP contribution in [0.15, 0.2) is 18.2 Å². The fourth-order valence-electron chi connectivity index (χ4n) is 3.88. The Balaban J connectivity index is 1.83. The van der Waals surface area contributed by atoms with Gasteiger partial charge in [0.2, 0.25) is 0 Å². The van der Waals surface area contributed by atoms with E-state index in [0.717, 1.165) is 25.1 Å². The molecule has 3 rings (SSSR count). The Labute approximate surface area is 130 Å². The second-order valence-electron chi connectivity index (χ2n) is 6.29. The molecule has 0 spiro atoms. The van der Waals surface area contributed by atoms with Gasteiger partial charge in [-0.25, -0.2) is 4.39 Å². The number of likely N-dealkylation sites (N-methyl/N-ethyl adjacent to an activating group) is 1. The van der Waals surface area contributed by atoms with Crippen molar-refractivity contribution < 1.29 is 4.39 Å². The van der Waals surface area contributed by atoms with Gasteiger partial charge in [-0.3, -0.25) is 9.80 Å². The summed E-state index contributed by atoms with van der Waals surface area (Å²) in [4.78, 5) is 4.91. The van der Waals surface area contributed by atoms with Crippen molar-refractivity contribution in [2.24, 2.45) is 5.73 Å². The van der Waals surface area contributed by atoms with Crippen LogP contribution in [0.2, 0.25) is 5.02 Å². The lowest BCUT2D eigenvalue weighted by Crippen LogP contribution is -2.40. The molecule has 2 aliphatic rings. The third kappa shape index (κ3) is 3.09. The minimum absolute atomic E-state index is 0.0472. The van der Waals surface area contributed by atoms with Gasteiger partial charge in [0.25, 0.3) is 0 Å². The van der Waals surface area contributed by atoms with E-state index in [1.807, 2.05) is 6.07 Å². The minimum atomic E-state index is -0.288. The molecule has 5 heteroatoms. The zero-order valence-corrected chi connectivity index (χ0v) is 13.2. The van der Waals surface area contributed by atoms with Gasteiger partial charge in [0.1, 0.15) is 5.82 Å². The lowest BCUT2D eigenvalue weighted by molar-refractivity contribution is 0.175. The van der Waals surface area contributed by atoms with Crippen molar-refractivity contribution in [3.05, 3.63) is 34.6 Å². The fourth-order valence-corrected chi connectivity index (χ4v) is 4.11. The molecule has 0 saturated carbocycles. The molecule has 0 amide bonds. The van der Waals surface area contributed by atoms with Crippen molar-refractivity contribution in [2.75, 3.05) is 26.7 Å². The number of rotatable bonds is 3. The first kappa shape index (κ1) is 15.2. The highest BCUT2D eigenvalue weighted by Crippen LogP contribution is 2.32. The van der Waals surface area contributed by atoms with Crippen molar-refractivity contribution in [2.45, 2.75) is 37.4 Å². The Hall–Kier alpha value is -0.680. The average Bonchev–Trinajstić information content (AvgIpc) is 2.65. The molecule has 0 aromatic heterocycles. The van der Waals surface area contributed by atoms with E-state index in [2.05, 4.69) is 16.8 Å². The molecule has 2 heterocycles. The standard InChI is InChI=1S/C16H23ClFN3/c1-20-14-2-3-15(20)10-21(5-4-14)16(9-19)11-6-12(17)8-13(18)7-11/h6-8,14-16H,2-5,9-10,19H2,1H3. The molecule has 2 N–H and O–H groups in total. The quantitative estimate of drug-likeness (QED) is 0.931. The number of hydrogen-bond acceptors (Lipinski definition) is 3. The van der Waals surface area contributed by atoms with Crippen LogP contribution in [0.25, 0.3) is 0 Å². The van der Waals surface area contributed by atoms with E-state index in [9.17, 15) is 4.39 Å². The van der Waals surface area contributed by atoms with Gasteiger partial charge in [-0.2, -0.15) is 0 Å². The van der Waals surface area contributed by atoms with Crippen LogP contribution >= 0.6 is 11.6 Å². The number of benzene rings is 1. The summed E-state index contributed by atoms with van der Waals surface area (Å²) >= 11 is 6.00. The average molecular weight is 312 g/mol. The van der Waals surface area contributed by atoms with Crippen LogP contribution in [-0.4, -0.2) is 48.6 Å². The number of fused-ring (bicyclic) bond motifs is 2. The summed E-state index contributed by atoms with van der Waals surface area (Å²) in [6, 6.07) is 6.08. The predicted molar refractivity (Wildman–Crippen MR) is 84.0 cm³/mol. The van der Waals surface area contributed by atoms with Gasteiger partial charge in [0.15, 0.2) is 0 Å². The summed E-state index contributed by atoms with van der Waals surface area (Å²) in [5.41, 5.74) is 6.89. The molecule has 1 aromatic rings. The van der Waals surface area contributed by atoms with Gasteiger partial charge in [-0.1, -0.05) is 11.6 Å². The SMILES string of the molecule is CN1C2CCC1CN(C(CN)c1cc(F)cc(Cl)c1)CC2. The van der Waals surface area contributed by atoms with E-state index in [4.69, 9.17) is 17.3 Å². The molecule has 116 valence electrons. The topological polar surface area (TPSA) is 32.5 Å². The molecule has 2 saturated heterocycles. The second-order valence-corrected chi connectivity index (χ2v) is 6.72. The van der Waals surface area contributed by atoms with Crippen molar-refractivity contribution in [3.63, 3.8) is 0 Å². The zero-order chi connectivity index (χ0) is 15.0. The number of nitrogens with two attached hydrogens (primary N) is 1. The van der Waals surface area contributed by atoms with Crippen LogP contribution in [0.5, 0.6) is 0 Å². The highest BCUT2D eigenvalue weighted by atomic mass is 35.5. The van der Waals surface area contributed by atoms with E-state index in [1.165, 1.54) is 18.9 Å². The minimum Gasteiger partial charge on any atom is -0.329 e. The van der Waals surface area contributed by atoms with Gasteiger partial charge in [0.05, 0.1) is 0 Å². The summed E-state index contributed by atoms with van der Waals surface area (Å²) in [6.45, 7) is 2.51. The van der Waals surface area contributed by atoms with Crippen LogP contribution < -0.4 is 5.73 Å². The first-order valence-electron chi connectivity index (χ1n) is 7.70. The van der Waals surface area contributed by atoms with Crippen LogP contribution in [0.1, 0.15) is 30.9 Å². The number of halogens is 2. The maximum atomic E-state index is 13.6. The summed E-state index contributed by atoms with van der Waals surface area (Å²) < 4.78 is 13.6. The van der Waals surface area contributed by atoms with Gasteiger partial charge in [-0.05, 0) is 50.1 Å². The second kappa shape index (κ2) is 6.21. The van der Waals surface area contributed by atoms with Crippen molar-refractivity contribution >= 4 is 11.6 Å². The van der Waals surface area contributed by atoms with E-state index >= 15 is 0 Å². The fraction of sp³-hybridized carbons (Fsp3) is 0.625. The van der Waals surface area contributed by atoms with E-state index < -0.39 is 0 Å². The van der Waals surface area contributed by atoms with Gasteiger partial charge in [-0.15, -0.1) is 0 Å². The Bertz CT molecular complexity index is 490. The van der Waals surface area contributed by atoms with E-state index in [0.29, 0.717) is 23.7 Å². The van der Waals surface area contributed by atoms with Crippen molar-refractivity contribution in [1.82, 2.24) is 9.80 Å². The number of likely N-dealkylation sites (tertiary alicyclic amines) is 1. The van der Waals surface area contributed by atoms with Crippen LogP contribution in [-0.2, 0) is 0 Å². The molecule has 0 aliphatic carbocycles. The highest BCUT2D eigenvalue weighted by molar-refractivity contribution is 6.30. The Kier molecular flexibility index (Phi) is 4.50. The van der Waals surface area contributed by atoms with E-state index in [1.54, 1.807) is 6.07 Å². The molecule has 3 atom stereocenters. The molecule has 2 fully saturated rings. The smallest absolute Gasteiger partial charge is 0.125 e. The largest absolute Gasteiger partial charge is 0.329 e. The summed E-state index contributed by atoms with van der Waals surface area (Å²) in [6.07, 6.45) is 3.71. The summed E-state index contributed by atoms with van der Waals surface area (Å²) in [5.74, 6) is -0.288. The Morgan fingerprint density at radius 3 is 2.76 bits per heavy atom. The Morgan fingerprint density at radius 2 is 2.05 bits per heavy atom.